The summed E-state index contributed by atoms with van der Waals surface area (Å²) in [6.07, 6.45) is 0.894. The van der Waals surface area contributed by atoms with Crippen molar-refractivity contribution in [2.45, 2.75) is 6.42 Å². The van der Waals surface area contributed by atoms with E-state index in [0.717, 1.165) is 24.3 Å². The third-order valence-electron chi connectivity index (χ3n) is 1.95. The molecule has 0 bridgehead atoms. The third kappa shape index (κ3) is 4.83. The number of rotatable bonds is 5. The Morgan fingerprint density at radius 1 is 1.19 bits per heavy atom. The van der Waals surface area contributed by atoms with Crippen LogP contribution in [0.25, 0.3) is 0 Å². The van der Waals surface area contributed by atoms with Crippen LogP contribution in [0, 0.1) is 11.8 Å². The molecule has 0 unspecified atom stereocenters. The molecule has 0 fully saturated rings. The quantitative estimate of drug-likeness (QED) is 0.601. The van der Waals surface area contributed by atoms with Crippen LogP contribution in [0.1, 0.15) is 12.0 Å². The second kappa shape index (κ2) is 7.75. The predicted octanol–water partition coefficient (Wildman–Crippen LogP) is 1.41. The van der Waals surface area contributed by atoms with Gasteiger partial charge in [0, 0.05) is 25.7 Å². The average molecular weight is 219 g/mol. The summed E-state index contributed by atoms with van der Waals surface area (Å²) in [7, 11) is 1.69. The topological polar surface area (TPSA) is 44.5 Å². The Morgan fingerprint density at radius 3 is 2.56 bits per heavy atom. The van der Waals surface area contributed by atoms with E-state index < -0.39 is 0 Å². The van der Waals surface area contributed by atoms with Gasteiger partial charge in [-0.3, -0.25) is 0 Å². The Morgan fingerprint density at radius 2 is 1.94 bits per heavy atom. The molecule has 0 aliphatic carbocycles. The summed E-state index contributed by atoms with van der Waals surface area (Å²) >= 11 is 0. The van der Waals surface area contributed by atoms with Gasteiger partial charge >= 0.3 is 0 Å². The standard InChI is InChI=1S/C13H17NO2/c1-15-10-3-11-16-13-7-5-12(6-8-13)4-2-9-14/h5-8H,3,9-11,14H2,1H3. The Bertz CT molecular complexity index is 348. The Labute approximate surface area is 96.6 Å². The molecule has 0 saturated heterocycles. The molecule has 0 aliphatic heterocycles. The van der Waals surface area contributed by atoms with Gasteiger partial charge in [0.25, 0.3) is 0 Å². The average Bonchev–Trinajstić information content (AvgIpc) is 2.33. The van der Waals surface area contributed by atoms with E-state index in [1.54, 1.807) is 7.11 Å². The van der Waals surface area contributed by atoms with Gasteiger partial charge in [0.1, 0.15) is 5.75 Å². The first-order valence-corrected chi connectivity index (χ1v) is 5.27. The number of methoxy groups -OCH3 is 1. The van der Waals surface area contributed by atoms with Crippen LogP contribution in [-0.2, 0) is 4.74 Å². The van der Waals surface area contributed by atoms with Gasteiger partial charge in [-0.1, -0.05) is 11.8 Å². The Balaban J connectivity index is 2.39. The predicted molar refractivity (Wildman–Crippen MR) is 64.4 cm³/mol. The lowest BCUT2D eigenvalue weighted by molar-refractivity contribution is 0.172. The second-order valence-corrected chi connectivity index (χ2v) is 3.23. The lowest BCUT2D eigenvalue weighted by Gasteiger charge is -2.05. The molecule has 1 aromatic rings. The largest absolute Gasteiger partial charge is 0.494 e. The fourth-order valence-corrected chi connectivity index (χ4v) is 1.18. The highest BCUT2D eigenvalue weighted by Crippen LogP contribution is 2.11. The van der Waals surface area contributed by atoms with Gasteiger partial charge in [-0.05, 0) is 24.3 Å². The van der Waals surface area contributed by atoms with Crippen molar-refractivity contribution in [3.8, 4) is 17.6 Å². The number of hydrogen-bond acceptors (Lipinski definition) is 3. The SMILES string of the molecule is COCCCOc1ccc(C#CCN)cc1. The van der Waals surface area contributed by atoms with E-state index in [1.807, 2.05) is 24.3 Å². The van der Waals surface area contributed by atoms with Gasteiger partial charge in [-0.25, -0.2) is 0 Å². The van der Waals surface area contributed by atoms with Crippen LogP contribution in [0.15, 0.2) is 24.3 Å². The molecule has 1 aromatic carbocycles. The van der Waals surface area contributed by atoms with Crippen molar-refractivity contribution in [1.29, 1.82) is 0 Å². The fraction of sp³-hybridized carbons (Fsp3) is 0.385. The van der Waals surface area contributed by atoms with E-state index in [1.165, 1.54) is 0 Å². The van der Waals surface area contributed by atoms with Crippen LogP contribution in [0.2, 0.25) is 0 Å². The van der Waals surface area contributed by atoms with Crippen molar-refractivity contribution in [3.63, 3.8) is 0 Å². The minimum Gasteiger partial charge on any atom is -0.494 e. The van der Waals surface area contributed by atoms with E-state index in [2.05, 4.69) is 11.8 Å². The van der Waals surface area contributed by atoms with Crippen molar-refractivity contribution in [2.75, 3.05) is 26.9 Å². The molecular weight excluding hydrogens is 202 g/mol. The Kier molecular flexibility index (Phi) is 6.09. The minimum atomic E-state index is 0.384. The van der Waals surface area contributed by atoms with Crippen molar-refractivity contribution in [2.24, 2.45) is 5.73 Å². The van der Waals surface area contributed by atoms with Crippen LogP contribution in [0.5, 0.6) is 5.75 Å². The summed E-state index contributed by atoms with van der Waals surface area (Å²) in [5.41, 5.74) is 6.24. The number of ether oxygens (including phenoxy) is 2. The van der Waals surface area contributed by atoms with Crippen LogP contribution in [0.4, 0.5) is 0 Å². The number of nitrogens with two attached hydrogens (primary N) is 1. The smallest absolute Gasteiger partial charge is 0.119 e. The number of benzene rings is 1. The van der Waals surface area contributed by atoms with Gasteiger partial charge in [-0.15, -0.1) is 0 Å². The minimum absolute atomic E-state index is 0.384. The summed E-state index contributed by atoms with van der Waals surface area (Å²) in [6, 6.07) is 7.67. The fourth-order valence-electron chi connectivity index (χ4n) is 1.18. The van der Waals surface area contributed by atoms with Gasteiger partial charge < -0.3 is 15.2 Å². The highest BCUT2D eigenvalue weighted by molar-refractivity contribution is 5.38. The van der Waals surface area contributed by atoms with Crippen molar-refractivity contribution < 1.29 is 9.47 Å². The summed E-state index contributed by atoms with van der Waals surface area (Å²) in [5, 5.41) is 0. The van der Waals surface area contributed by atoms with Crippen molar-refractivity contribution in [1.82, 2.24) is 0 Å². The third-order valence-corrected chi connectivity index (χ3v) is 1.95. The first-order chi connectivity index (χ1) is 7.86. The monoisotopic (exact) mass is 219 g/mol. The maximum atomic E-state index is 5.51. The zero-order valence-corrected chi connectivity index (χ0v) is 9.53. The molecule has 0 amide bonds. The summed E-state index contributed by atoms with van der Waals surface area (Å²) in [6.45, 7) is 1.77. The normalized spacial score (nSPS) is 9.38. The van der Waals surface area contributed by atoms with Crippen LogP contribution >= 0.6 is 0 Å². The van der Waals surface area contributed by atoms with Crippen LogP contribution in [0.3, 0.4) is 0 Å². The second-order valence-electron chi connectivity index (χ2n) is 3.23. The van der Waals surface area contributed by atoms with E-state index >= 15 is 0 Å². The molecule has 3 heteroatoms. The highest BCUT2D eigenvalue weighted by atomic mass is 16.5. The molecule has 0 aliphatic rings. The lowest BCUT2D eigenvalue weighted by atomic mass is 10.2. The molecule has 0 aromatic heterocycles. The van der Waals surface area contributed by atoms with E-state index in [4.69, 9.17) is 15.2 Å². The van der Waals surface area contributed by atoms with Crippen LogP contribution in [-0.4, -0.2) is 26.9 Å². The molecule has 0 radical (unpaired) electrons. The lowest BCUT2D eigenvalue weighted by Crippen LogP contribution is -2.01. The maximum absolute atomic E-state index is 5.51. The molecule has 0 atom stereocenters. The van der Waals surface area contributed by atoms with Crippen molar-refractivity contribution >= 4 is 0 Å². The molecule has 0 saturated carbocycles. The summed E-state index contributed by atoms with van der Waals surface area (Å²) in [4.78, 5) is 0. The molecule has 3 nitrogen and oxygen atoms in total. The van der Waals surface area contributed by atoms with E-state index in [9.17, 15) is 0 Å². The molecule has 16 heavy (non-hydrogen) atoms. The molecular formula is C13H17NO2. The van der Waals surface area contributed by atoms with Crippen molar-refractivity contribution in [3.05, 3.63) is 29.8 Å². The summed E-state index contributed by atoms with van der Waals surface area (Å²) in [5.74, 6) is 6.62. The Hall–Kier alpha value is -1.50. The van der Waals surface area contributed by atoms with Gasteiger partial charge in [-0.2, -0.15) is 0 Å². The maximum Gasteiger partial charge on any atom is 0.119 e. The number of hydrogen-bond donors (Lipinski definition) is 1. The first kappa shape index (κ1) is 12.6. The zero-order valence-electron chi connectivity index (χ0n) is 9.53. The van der Waals surface area contributed by atoms with E-state index in [-0.39, 0.29) is 0 Å². The molecule has 86 valence electrons. The molecule has 0 heterocycles. The summed E-state index contributed by atoms with van der Waals surface area (Å²) < 4.78 is 10.4. The zero-order chi connectivity index (χ0) is 11.6. The van der Waals surface area contributed by atoms with Crippen LogP contribution < -0.4 is 10.5 Å². The van der Waals surface area contributed by atoms with Gasteiger partial charge in [0.05, 0.1) is 13.2 Å². The highest BCUT2D eigenvalue weighted by Gasteiger charge is 1.93. The van der Waals surface area contributed by atoms with E-state index in [0.29, 0.717) is 13.2 Å². The van der Waals surface area contributed by atoms with Gasteiger partial charge in [0.15, 0.2) is 0 Å². The molecule has 0 spiro atoms. The molecule has 1 rings (SSSR count). The molecule has 2 N–H and O–H groups in total. The first-order valence-electron chi connectivity index (χ1n) is 5.27. The van der Waals surface area contributed by atoms with Gasteiger partial charge in [0.2, 0.25) is 0 Å².